The molecule has 112 valence electrons. The zero-order valence-corrected chi connectivity index (χ0v) is 15.7. The number of benzene rings is 2. The summed E-state index contributed by atoms with van der Waals surface area (Å²) in [5, 5.41) is 4.08. The first kappa shape index (κ1) is 16.8. The molecule has 0 aliphatic rings. The van der Waals surface area contributed by atoms with E-state index in [1.807, 2.05) is 37.4 Å². The van der Waals surface area contributed by atoms with Crippen LogP contribution in [0.3, 0.4) is 0 Å². The lowest BCUT2D eigenvalue weighted by molar-refractivity contribution is 0.414. The maximum Gasteiger partial charge on any atom is 0.119 e. The molecule has 0 saturated carbocycles. The lowest BCUT2D eigenvalue weighted by Gasteiger charge is -2.19. The molecule has 2 rings (SSSR count). The molecule has 21 heavy (non-hydrogen) atoms. The van der Waals surface area contributed by atoms with Crippen LogP contribution in [0.5, 0.6) is 5.75 Å². The monoisotopic (exact) mass is 431 g/mol. The third kappa shape index (κ3) is 4.22. The molecular weight excluding hydrogens is 417 g/mol. The molecule has 2 aromatic carbocycles. The fourth-order valence-corrected chi connectivity index (χ4v) is 3.57. The van der Waals surface area contributed by atoms with Gasteiger partial charge in [0, 0.05) is 20.0 Å². The van der Waals surface area contributed by atoms with Crippen molar-refractivity contribution in [1.29, 1.82) is 0 Å². The SMILES string of the molecule is CNC(Cc1cc(OC)ccc1Br)c1ccc(Cl)cc1Br. The van der Waals surface area contributed by atoms with Crippen molar-refractivity contribution in [2.24, 2.45) is 0 Å². The predicted octanol–water partition coefficient (Wildman–Crippen LogP) is 5.38. The first-order valence-electron chi connectivity index (χ1n) is 6.49. The Morgan fingerprint density at radius 2 is 1.90 bits per heavy atom. The Labute approximate surface area is 147 Å². The first-order valence-corrected chi connectivity index (χ1v) is 8.46. The number of rotatable bonds is 5. The summed E-state index contributed by atoms with van der Waals surface area (Å²) in [5.74, 6) is 0.859. The Morgan fingerprint density at radius 3 is 2.52 bits per heavy atom. The molecule has 5 heteroatoms. The van der Waals surface area contributed by atoms with Crippen LogP contribution in [-0.4, -0.2) is 14.2 Å². The number of likely N-dealkylation sites (N-methyl/N-ethyl adjacent to an activating group) is 1. The number of ether oxygens (including phenoxy) is 1. The minimum absolute atomic E-state index is 0.181. The van der Waals surface area contributed by atoms with E-state index in [0.717, 1.165) is 26.1 Å². The van der Waals surface area contributed by atoms with Crippen molar-refractivity contribution in [2.75, 3.05) is 14.2 Å². The van der Waals surface area contributed by atoms with E-state index in [1.54, 1.807) is 7.11 Å². The summed E-state index contributed by atoms with van der Waals surface area (Å²) in [6, 6.07) is 12.1. The van der Waals surface area contributed by atoms with Gasteiger partial charge < -0.3 is 10.1 Å². The molecule has 0 fully saturated rings. The van der Waals surface area contributed by atoms with E-state index in [2.05, 4.69) is 43.2 Å². The van der Waals surface area contributed by atoms with E-state index >= 15 is 0 Å². The van der Waals surface area contributed by atoms with E-state index in [1.165, 1.54) is 11.1 Å². The first-order chi connectivity index (χ1) is 10.0. The maximum atomic E-state index is 6.02. The second-order valence-electron chi connectivity index (χ2n) is 4.67. The van der Waals surface area contributed by atoms with Crippen LogP contribution in [0.2, 0.25) is 5.02 Å². The summed E-state index contributed by atoms with van der Waals surface area (Å²) in [6.45, 7) is 0. The Bertz CT molecular complexity index is 634. The zero-order valence-electron chi connectivity index (χ0n) is 11.8. The Hall–Kier alpha value is -0.550. The van der Waals surface area contributed by atoms with Crippen LogP contribution in [0, 0.1) is 0 Å². The van der Waals surface area contributed by atoms with Gasteiger partial charge in [-0.25, -0.2) is 0 Å². The highest BCUT2D eigenvalue weighted by Gasteiger charge is 2.15. The van der Waals surface area contributed by atoms with E-state index in [0.29, 0.717) is 0 Å². The molecule has 0 aromatic heterocycles. The molecule has 0 bridgehead atoms. The molecule has 0 aliphatic carbocycles. The second-order valence-corrected chi connectivity index (χ2v) is 6.81. The van der Waals surface area contributed by atoms with Crippen LogP contribution in [0.1, 0.15) is 17.2 Å². The van der Waals surface area contributed by atoms with Crippen LogP contribution in [0.15, 0.2) is 45.3 Å². The summed E-state index contributed by atoms with van der Waals surface area (Å²) < 4.78 is 7.39. The molecule has 1 unspecified atom stereocenters. The maximum absolute atomic E-state index is 6.02. The van der Waals surface area contributed by atoms with Gasteiger partial charge in [0.15, 0.2) is 0 Å². The lowest BCUT2D eigenvalue weighted by atomic mass is 9.99. The number of methoxy groups -OCH3 is 1. The van der Waals surface area contributed by atoms with E-state index in [-0.39, 0.29) is 6.04 Å². The third-order valence-corrected chi connectivity index (χ3v) is 5.06. The second kappa shape index (κ2) is 7.63. The topological polar surface area (TPSA) is 21.3 Å². The highest BCUT2D eigenvalue weighted by Crippen LogP contribution is 2.31. The van der Waals surface area contributed by atoms with Crippen LogP contribution < -0.4 is 10.1 Å². The highest BCUT2D eigenvalue weighted by molar-refractivity contribution is 9.10. The molecule has 0 radical (unpaired) electrons. The summed E-state index contributed by atoms with van der Waals surface area (Å²) in [6.07, 6.45) is 0.842. The van der Waals surface area contributed by atoms with Crippen LogP contribution in [-0.2, 0) is 6.42 Å². The van der Waals surface area contributed by atoms with Gasteiger partial charge in [0.1, 0.15) is 5.75 Å². The van der Waals surface area contributed by atoms with Gasteiger partial charge in [0.25, 0.3) is 0 Å². The van der Waals surface area contributed by atoms with Gasteiger partial charge in [0.2, 0.25) is 0 Å². The van der Waals surface area contributed by atoms with Crippen molar-refractivity contribution >= 4 is 43.5 Å². The lowest BCUT2D eigenvalue weighted by Crippen LogP contribution is -2.19. The number of halogens is 3. The Balaban J connectivity index is 2.30. The summed E-state index contributed by atoms with van der Waals surface area (Å²) >= 11 is 13.2. The molecule has 1 N–H and O–H groups in total. The quantitative estimate of drug-likeness (QED) is 0.684. The molecule has 1 atom stereocenters. The average molecular weight is 434 g/mol. The van der Waals surface area contributed by atoms with Gasteiger partial charge in [-0.2, -0.15) is 0 Å². The Morgan fingerprint density at radius 1 is 1.14 bits per heavy atom. The van der Waals surface area contributed by atoms with Crippen LogP contribution in [0.4, 0.5) is 0 Å². The van der Waals surface area contributed by atoms with Gasteiger partial charge in [-0.3, -0.25) is 0 Å². The van der Waals surface area contributed by atoms with Crippen molar-refractivity contribution in [2.45, 2.75) is 12.5 Å². The molecular formula is C16H16Br2ClNO. The zero-order chi connectivity index (χ0) is 15.4. The largest absolute Gasteiger partial charge is 0.497 e. The van der Waals surface area contributed by atoms with Gasteiger partial charge in [-0.05, 0) is 54.9 Å². The molecule has 0 spiro atoms. The molecule has 0 aliphatic heterocycles. The predicted molar refractivity (Wildman–Crippen MR) is 95.4 cm³/mol. The van der Waals surface area contributed by atoms with Gasteiger partial charge >= 0.3 is 0 Å². The van der Waals surface area contributed by atoms with E-state index in [9.17, 15) is 0 Å². The summed E-state index contributed by atoms with van der Waals surface area (Å²) in [7, 11) is 3.64. The number of hydrogen-bond donors (Lipinski definition) is 1. The fourth-order valence-electron chi connectivity index (χ4n) is 2.21. The van der Waals surface area contributed by atoms with Crippen LogP contribution in [0.25, 0.3) is 0 Å². The molecule has 2 aromatic rings. The van der Waals surface area contributed by atoms with Crippen molar-refractivity contribution in [3.05, 3.63) is 61.5 Å². The van der Waals surface area contributed by atoms with Crippen molar-refractivity contribution in [3.63, 3.8) is 0 Å². The third-order valence-electron chi connectivity index (χ3n) is 3.36. The Kier molecular flexibility index (Phi) is 6.11. The van der Waals surface area contributed by atoms with Crippen molar-refractivity contribution in [1.82, 2.24) is 5.32 Å². The molecule has 0 saturated heterocycles. The standard InChI is InChI=1S/C16H16Br2ClNO/c1-20-16(13-5-3-11(19)9-15(13)18)8-10-7-12(21-2)4-6-14(10)17/h3-7,9,16,20H,8H2,1-2H3. The van der Waals surface area contributed by atoms with Crippen molar-refractivity contribution < 1.29 is 4.74 Å². The number of nitrogens with one attached hydrogen (secondary N) is 1. The summed E-state index contributed by atoms with van der Waals surface area (Å²) in [5.41, 5.74) is 2.37. The molecule has 0 heterocycles. The molecule has 0 amide bonds. The van der Waals surface area contributed by atoms with E-state index in [4.69, 9.17) is 16.3 Å². The fraction of sp³-hybridized carbons (Fsp3) is 0.250. The van der Waals surface area contributed by atoms with E-state index < -0.39 is 0 Å². The molecule has 2 nitrogen and oxygen atoms in total. The smallest absolute Gasteiger partial charge is 0.119 e. The number of hydrogen-bond acceptors (Lipinski definition) is 2. The minimum atomic E-state index is 0.181. The average Bonchev–Trinajstić information content (AvgIpc) is 2.47. The van der Waals surface area contributed by atoms with Crippen molar-refractivity contribution in [3.8, 4) is 5.75 Å². The minimum Gasteiger partial charge on any atom is -0.497 e. The van der Waals surface area contributed by atoms with Crippen LogP contribution >= 0.6 is 43.5 Å². The van der Waals surface area contributed by atoms with Gasteiger partial charge in [-0.1, -0.05) is 49.5 Å². The normalized spacial score (nSPS) is 12.2. The van der Waals surface area contributed by atoms with Gasteiger partial charge in [-0.15, -0.1) is 0 Å². The summed E-state index contributed by atoms with van der Waals surface area (Å²) in [4.78, 5) is 0. The highest BCUT2D eigenvalue weighted by atomic mass is 79.9. The van der Waals surface area contributed by atoms with Gasteiger partial charge in [0.05, 0.1) is 7.11 Å².